The summed E-state index contributed by atoms with van der Waals surface area (Å²) in [6, 6.07) is 12.9. The van der Waals surface area contributed by atoms with Crippen molar-refractivity contribution in [2.45, 2.75) is 31.5 Å². The molecular formula is C26H25NO7. The molecule has 0 spiro atoms. The molecule has 3 aliphatic carbocycles. The van der Waals surface area contributed by atoms with Gasteiger partial charge in [-0.1, -0.05) is 36.4 Å². The van der Waals surface area contributed by atoms with Crippen molar-refractivity contribution >= 4 is 11.7 Å². The Bertz CT molecular complexity index is 1280. The molecule has 176 valence electrons. The van der Waals surface area contributed by atoms with Gasteiger partial charge in [-0.15, -0.1) is 0 Å². The van der Waals surface area contributed by atoms with Crippen LogP contribution in [0.3, 0.4) is 0 Å². The van der Waals surface area contributed by atoms with E-state index in [4.69, 9.17) is 5.73 Å². The molecule has 5 rings (SSSR count). The smallest absolute Gasteiger partial charge is 0.253 e. The highest BCUT2D eigenvalue weighted by atomic mass is 16.5. The number of ketones is 1. The third-order valence-electron chi connectivity index (χ3n) is 7.38. The number of primary amides is 1. The average Bonchev–Trinajstić information content (AvgIpc) is 2.74. The Morgan fingerprint density at radius 1 is 1.03 bits per heavy atom. The van der Waals surface area contributed by atoms with Gasteiger partial charge in [-0.3, -0.25) is 9.59 Å². The summed E-state index contributed by atoms with van der Waals surface area (Å²) in [5, 5.41) is 53.5. The van der Waals surface area contributed by atoms with Crippen LogP contribution < -0.4 is 5.73 Å². The maximum atomic E-state index is 13.6. The minimum Gasteiger partial charge on any atom is -0.512 e. The van der Waals surface area contributed by atoms with Crippen LogP contribution in [0.2, 0.25) is 0 Å². The van der Waals surface area contributed by atoms with Crippen molar-refractivity contribution in [1.82, 2.24) is 0 Å². The summed E-state index contributed by atoms with van der Waals surface area (Å²) in [6.45, 7) is 0. The quantitative estimate of drug-likeness (QED) is 0.380. The van der Waals surface area contributed by atoms with Gasteiger partial charge < -0.3 is 31.3 Å². The third kappa shape index (κ3) is 3.21. The standard InChI is InChI=1S/C26H25NO7/c27-25(32)22-18(29)11-15-9-14-10-16-13(8-12-4-2-1-3-5-12)6-7-17(28)20(16)23(30)19(14)24(31)21(15)26(22,33)34/h1-7,14-15,21,28-29,31,33-34H,8-11H2,(H2,27,32). The van der Waals surface area contributed by atoms with Crippen LogP contribution in [-0.2, 0) is 17.6 Å². The van der Waals surface area contributed by atoms with Gasteiger partial charge in [0, 0.05) is 12.0 Å². The van der Waals surface area contributed by atoms with E-state index in [-0.39, 0.29) is 29.7 Å². The first-order chi connectivity index (χ1) is 16.1. The van der Waals surface area contributed by atoms with Crippen molar-refractivity contribution in [3.05, 3.63) is 87.4 Å². The Balaban J connectivity index is 1.61. The van der Waals surface area contributed by atoms with Crippen molar-refractivity contribution in [3.8, 4) is 5.75 Å². The lowest BCUT2D eigenvalue weighted by Gasteiger charge is -2.46. The van der Waals surface area contributed by atoms with Gasteiger partial charge in [-0.25, -0.2) is 0 Å². The molecule has 7 N–H and O–H groups in total. The van der Waals surface area contributed by atoms with Crippen molar-refractivity contribution in [2.24, 2.45) is 23.5 Å². The van der Waals surface area contributed by atoms with E-state index in [9.17, 15) is 35.1 Å². The molecule has 2 aromatic rings. The van der Waals surface area contributed by atoms with Crippen LogP contribution >= 0.6 is 0 Å². The molecule has 2 aromatic carbocycles. The van der Waals surface area contributed by atoms with E-state index in [1.165, 1.54) is 6.07 Å². The minimum absolute atomic E-state index is 0.00130. The van der Waals surface area contributed by atoms with E-state index >= 15 is 0 Å². The van der Waals surface area contributed by atoms with E-state index in [2.05, 4.69) is 0 Å². The molecule has 3 unspecified atom stereocenters. The number of amides is 1. The van der Waals surface area contributed by atoms with E-state index in [1.54, 1.807) is 6.07 Å². The number of fused-ring (bicyclic) bond motifs is 3. The lowest BCUT2D eigenvalue weighted by molar-refractivity contribution is -0.194. The number of aliphatic hydroxyl groups excluding tert-OH is 2. The van der Waals surface area contributed by atoms with Gasteiger partial charge >= 0.3 is 0 Å². The van der Waals surface area contributed by atoms with Gasteiger partial charge in [0.2, 0.25) is 5.79 Å². The summed E-state index contributed by atoms with van der Waals surface area (Å²) in [5.74, 6) is -8.49. The number of aromatic hydroxyl groups is 1. The Labute approximate surface area is 195 Å². The van der Waals surface area contributed by atoms with Crippen molar-refractivity contribution < 1.29 is 35.1 Å². The van der Waals surface area contributed by atoms with Crippen LogP contribution in [0.15, 0.2) is 65.1 Å². The summed E-state index contributed by atoms with van der Waals surface area (Å²) in [7, 11) is 0. The minimum atomic E-state index is -2.93. The number of nitrogens with two attached hydrogens (primary N) is 1. The van der Waals surface area contributed by atoms with Crippen LogP contribution in [0.25, 0.3) is 0 Å². The monoisotopic (exact) mass is 463 g/mol. The lowest BCUT2D eigenvalue weighted by atomic mass is 9.60. The van der Waals surface area contributed by atoms with Crippen molar-refractivity contribution in [1.29, 1.82) is 0 Å². The average molecular weight is 463 g/mol. The fraction of sp³-hybridized carbons (Fsp3) is 0.308. The molecule has 0 aromatic heterocycles. The lowest BCUT2D eigenvalue weighted by Crippen LogP contribution is -2.54. The first-order valence-electron chi connectivity index (χ1n) is 11.1. The number of carbonyl (C=O) groups excluding carboxylic acids is 2. The highest BCUT2D eigenvalue weighted by Crippen LogP contribution is 2.53. The van der Waals surface area contributed by atoms with Gasteiger partial charge in [0.15, 0.2) is 5.78 Å². The molecule has 3 aliphatic rings. The molecule has 0 saturated heterocycles. The number of rotatable bonds is 3. The van der Waals surface area contributed by atoms with Gasteiger partial charge in [-0.2, -0.15) is 0 Å². The number of aliphatic hydroxyl groups is 4. The highest BCUT2D eigenvalue weighted by Gasteiger charge is 2.57. The SMILES string of the molecule is NC(=O)C1=C(O)CC2CC3Cc4c(Cc5ccccc5)ccc(O)c4C(=O)C3=C(O)C2C1(O)O. The molecule has 0 heterocycles. The molecule has 0 radical (unpaired) electrons. The molecule has 0 bridgehead atoms. The summed E-state index contributed by atoms with van der Waals surface area (Å²) >= 11 is 0. The maximum Gasteiger partial charge on any atom is 0.253 e. The Morgan fingerprint density at radius 3 is 2.41 bits per heavy atom. The van der Waals surface area contributed by atoms with E-state index in [1.807, 2.05) is 30.3 Å². The zero-order valence-corrected chi connectivity index (χ0v) is 18.2. The van der Waals surface area contributed by atoms with Crippen LogP contribution in [0.4, 0.5) is 0 Å². The number of phenolic OH excluding ortho intramolecular Hbond substituents is 1. The van der Waals surface area contributed by atoms with Gasteiger partial charge in [0.25, 0.3) is 5.91 Å². The number of carbonyl (C=O) groups is 2. The molecule has 0 saturated carbocycles. The zero-order chi connectivity index (χ0) is 24.4. The zero-order valence-electron chi connectivity index (χ0n) is 18.2. The second-order valence-electron chi connectivity index (χ2n) is 9.38. The molecule has 0 fully saturated rings. The molecular weight excluding hydrogens is 438 g/mol. The topological polar surface area (TPSA) is 161 Å². The molecule has 8 nitrogen and oxygen atoms in total. The summed E-state index contributed by atoms with van der Waals surface area (Å²) < 4.78 is 0. The Morgan fingerprint density at radius 2 is 1.74 bits per heavy atom. The normalized spacial score (nSPS) is 25.5. The van der Waals surface area contributed by atoms with Gasteiger partial charge in [-0.05, 0) is 53.9 Å². The number of hydrogen-bond donors (Lipinski definition) is 6. The summed E-state index contributed by atoms with van der Waals surface area (Å²) in [4.78, 5) is 25.3. The highest BCUT2D eigenvalue weighted by molar-refractivity contribution is 6.13. The Hall–Kier alpha value is -3.62. The molecule has 3 atom stereocenters. The van der Waals surface area contributed by atoms with E-state index in [0.717, 1.165) is 11.1 Å². The molecule has 34 heavy (non-hydrogen) atoms. The van der Waals surface area contributed by atoms with Crippen molar-refractivity contribution in [3.63, 3.8) is 0 Å². The van der Waals surface area contributed by atoms with E-state index in [0.29, 0.717) is 18.4 Å². The first-order valence-corrected chi connectivity index (χ1v) is 11.1. The second kappa shape index (κ2) is 7.72. The van der Waals surface area contributed by atoms with Gasteiger partial charge in [0.05, 0.1) is 11.5 Å². The number of benzene rings is 2. The number of hydrogen-bond acceptors (Lipinski definition) is 7. The van der Waals surface area contributed by atoms with Crippen LogP contribution in [0.1, 0.15) is 39.9 Å². The number of Topliss-reactive ketones (excluding diaryl/α,β-unsaturated/α-hetero) is 1. The first kappa shape index (κ1) is 22.2. The summed E-state index contributed by atoms with van der Waals surface area (Å²) in [5.41, 5.74) is 7.18. The van der Waals surface area contributed by atoms with Crippen LogP contribution in [-0.4, -0.2) is 43.0 Å². The predicted molar refractivity (Wildman–Crippen MR) is 121 cm³/mol. The van der Waals surface area contributed by atoms with E-state index < -0.39 is 52.3 Å². The maximum absolute atomic E-state index is 13.6. The molecule has 0 aliphatic heterocycles. The fourth-order valence-corrected chi connectivity index (χ4v) is 6.00. The Kier molecular flexibility index (Phi) is 5.03. The largest absolute Gasteiger partial charge is 0.512 e. The molecule has 8 heteroatoms. The van der Waals surface area contributed by atoms with Crippen molar-refractivity contribution in [2.75, 3.05) is 0 Å². The third-order valence-corrected chi connectivity index (χ3v) is 7.38. The van der Waals surface area contributed by atoms with Gasteiger partial charge in [0.1, 0.15) is 22.8 Å². The van der Waals surface area contributed by atoms with Crippen LogP contribution in [0, 0.1) is 17.8 Å². The summed E-state index contributed by atoms with van der Waals surface area (Å²) in [6.07, 6.45) is 1.10. The second-order valence-corrected chi connectivity index (χ2v) is 9.38. The van der Waals surface area contributed by atoms with Crippen LogP contribution in [0.5, 0.6) is 5.75 Å². The number of phenols is 1. The fourth-order valence-electron chi connectivity index (χ4n) is 6.00. The molecule has 1 amide bonds. The number of allylic oxidation sites excluding steroid dienone is 2. The predicted octanol–water partition coefficient (Wildman–Crippen LogP) is 2.17.